The first-order valence-electron chi connectivity index (χ1n) is 11.9. The predicted octanol–water partition coefficient (Wildman–Crippen LogP) is 5.96. The summed E-state index contributed by atoms with van der Waals surface area (Å²) >= 11 is 0. The highest BCUT2D eigenvalue weighted by atomic mass is 19.3. The molecule has 0 radical (unpaired) electrons. The molecule has 2 fully saturated rings. The summed E-state index contributed by atoms with van der Waals surface area (Å²) in [5.74, 6) is -3.43. The molecule has 1 saturated heterocycles. The van der Waals surface area contributed by atoms with E-state index in [4.69, 9.17) is 14.2 Å². The molecule has 0 aromatic heterocycles. The monoisotopic (exact) mass is 491 g/mol. The molecule has 5 nitrogen and oxygen atoms in total. The van der Waals surface area contributed by atoms with Crippen LogP contribution in [0.1, 0.15) is 67.4 Å². The fraction of sp³-hybridized carbons (Fsp3) is 0.519. The van der Waals surface area contributed by atoms with Crippen LogP contribution in [0.15, 0.2) is 36.4 Å². The third-order valence-electron chi connectivity index (χ3n) is 6.04. The van der Waals surface area contributed by atoms with E-state index in [0.717, 1.165) is 24.5 Å². The van der Waals surface area contributed by atoms with Crippen molar-refractivity contribution < 1.29 is 32.2 Å². The SMILES string of the molecule is COc1ccc(CN2CC(Oc3cc(F)c(C(=O)OC(C)(C)C)cc3C3CC3)CC(F)(F)C2)cc1. The maximum absolute atomic E-state index is 14.9. The molecular formula is C27H32F3NO4. The molecule has 0 bridgehead atoms. The second kappa shape index (κ2) is 9.72. The normalized spacial score (nSPS) is 20.4. The van der Waals surface area contributed by atoms with Crippen LogP contribution in [0, 0.1) is 5.82 Å². The average Bonchev–Trinajstić information content (AvgIpc) is 3.57. The maximum Gasteiger partial charge on any atom is 0.341 e. The highest BCUT2D eigenvalue weighted by Crippen LogP contribution is 2.46. The second-order valence-corrected chi connectivity index (χ2v) is 10.5. The number of carbonyl (C=O) groups is 1. The van der Waals surface area contributed by atoms with Crippen LogP contribution in [0.2, 0.25) is 0 Å². The predicted molar refractivity (Wildman–Crippen MR) is 126 cm³/mol. The minimum Gasteiger partial charge on any atom is -0.497 e. The van der Waals surface area contributed by atoms with Crippen LogP contribution in [0.5, 0.6) is 11.5 Å². The van der Waals surface area contributed by atoms with E-state index in [9.17, 15) is 18.0 Å². The molecule has 8 heteroatoms. The first kappa shape index (κ1) is 25.4. The summed E-state index contributed by atoms with van der Waals surface area (Å²) in [6, 6.07) is 9.89. The van der Waals surface area contributed by atoms with E-state index in [1.807, 2.05) is 12.1 Å². The third-order valence-corrected chi connectivity index (χ3v) is 6.04. The molecule has 190 valence electrons. The molecule has 1 heterocycles. The number of hydrogen-bond donors (Lipinski definition) is 0. The number of nitrogens with zero attached hydrogens (tertiary/aromatic N) is 1. The standard InChI is InChI=1S/C27H32F3NO4/c1-26(2,3)35-25(32)22-11-21(18-7-8-18)24(12-23(22)28)34-20-13-27(29,30)16-31(15-20)14-17-5-9-19(33-4)10-6-17/h5-6,9-12,18,20H,7-8,13-16H2,1-4H3. The zero-order valence-corrected chi connectivity index (χ0v) is 20.6. The van der Waals surface area contributed by atoms with Crippen molar-refractivity contribution in [2.75, 3.05) is 20.2 Å². The Morgan fingerprint density at radius 2 is 1.83 bits per heavy atom. The van der Waals surface area contributed by atoms with Crippen LogP contribution < -0.4 is 9.47 Å². The Bertz CT molecular complexity index is 1060. The molecule has 0 spiro atoms. The van der Waals surface area contributed by atoms with E-state index < -0.39 is 35.8 Å². The summed E-state index contributed by atoms with van der Waals surface area (Å²) in [5, 5.41) is 0. The summed E-state index contributed by atoms with van der Waals surface area (Å²) < 4.78 is 60.7. The highest BCUT2D eigenvalue weighted by Gasteiger charge is 2.42. The molecule has 1 unspecified atom stereocenters. The number of halogens is 3. The van der Waals surface area contributed by atoms with Crippen molar-refractivity contribution in [2.24, 2.45) is 0 Å². The minimum atomic E-state index is -2.94. The molecule has 0 N–H and O–H groups in total. The quantitative estimate of drug-likeness (QED) is 0.448. The highest BCUT2D eigenvalue weighted by molar-refractivity contribution is 5.90. The molecule has 1 aliphatic carbocycles. The van der Waals surface area contributed by atoms with E-state index in [-0.39, 0.29) is 30.3 Å². The lowest BCUT2D eigenvalue weighted by Gasteiger charge is -2.37. The van der Waals surface area contributed by atoms with E-state index in [0.29, 0.717) is 17.9 Å². The minimum absolute atomic E-state index is 0.117. The topological polar surface area (TPSA) is 48.0 Å². The van der Waals surface area contributed by atoms with Crippen molar-refractivity contribution in [3.8, 4) is 11.5 Å². The Hall–Kier alpha value is -2.74. The number of alkyl halides is 2. The molecular weight excluding hydrogens is 459 g/mol. The van der Waals surface area contributed by atoms with Gasteiger partial charge in [-0.05, 0) is 68.9 Å². The molecule has 1 atom stereocenters. The van der Waals surface area contributed by atoms with E-state index in [1.54, 1.807) is 44.9 Å². The van der Waals surface area contributed by atoms with E-state index in [1.165, 1.54) is 6.07 Å². The van der Waals surface area contributed by atoms with Crippen molar-refractivity contribution >= 4 is 5.97 Å². The van der Waals surface area contributed by atoms with Gasteiger partial charge in [0.15, 0.2) is 0 Å². The van der Waals surface area contributed by atoms with Gasteiger partial charge in [-0.2, -0.15) is 0 Å². The van der Waals surface area contributed by atoms with Crippen molar-refractivity contribution in [3.05, 3.63) is 58.9 Å². The van der Waals surface area contributed by atoms with Crippen LogP contribution in [0.4, 0.5) is 13.2 Å². The number of piperidine rings is 1. The number of esters is 1. The Morgan fingerprint density at radius 1 is 1.14 bits per heavy atom. The molecule has 1 aliphatic heterocycles. The van der Waals surface area contributed by atoms with Gasteiger partial charge in [-0.1, -0.05) is 12.1 Å². The smallest absolute Gasteiger partial charge is 0.341 e. The van der Waals surface area contributed by atoms with Gasteiger partial charge in [0.2, 0.25) is 0 Å². The van der Waals surface area contributed by atoms with Crippen LogP contribution >= 0.6 is 0 Å². The molecule has 1 saturated carbocycles. The van der Waals surface area contributed by atoms with E-state index >= 15 is 0 Å². The zero-order chi connectivity index (χ0) is 25.4. The summed E-state index contributed by atoms with van der Waals surface area (Å²) in [6.45, 7) is 5.37. The fourth-order valence-corrected chi connectivity index (χ4v) is 4.39. The molecule has 4 rings (SSSR count). The number of rotatable bonds is 7. The zero-order valence-electron chi connectivity index (χ0n) is 20.6. The number of ether oxygens (including phenoxy) is 3. The molecule has 2 aliphatic rings. The van der Waals surface area contributed by atoms with Gasteiger partial charge in [0, 0.05) is 19.2 Å². The Labute approximate surface area is 204 Å². The molecule has 35 heavy (non-hydrogen) atoms. The average molecular weight is 492 g/mol. The van der Waals surface area contributed by atoms with Gasteiger partial charge in [0.05, 0.1) is 25.6 Å². The molecule has 2 aromatic rings. The van der Waals surface area contributed by atoms with Crippen LogP contribution in [0.3, 0.4) is 0 Å². The number of likely N-dealkylation sites (tertiary alicyclic amines) is 1. The van der Waals surface area contributed by atoms with Crippen LogP contribution in [-0.4, -0.2) is 48.7 Å². The van der Waals surface area contributed by atoms with Gasteiger partial charge in [0.25, 0.3) is 5.92 Å². The lowest BCUT2D eigenvalue weighted by atomic mass is 10.0. The first-order valence-corrected chi connectivity index (χ1v) is 11.9. The van der Waals surface area contributed by atoms with Gasteiger partial charge < -0.3 is 14.2 Å². The summed E-state index contributed by atoms with van der Waals surface area (Å²) in [4.78, 5) is 14.2. The fourth-order valence-electron chi connectivity index (χ4n) is 4.39. The van der Waals surface area contributed by atoms with Crippen molar-refractivity contribution in [1.29, 1.82) is 0 Å². The number of carbonyl (C=O) groups excluding carboxylic acids is 1. The van der Waals surface area contributed by atoms with Crippen molar-refractivity contribution in [2.45, 2.75) is 70.1 Å². The van der Waals surface area contributed by atoms with Gasteiger partial charge in [0.1, 0.15) is 29.0 Å². The largest absolute Gasteiger partial charge is 0.497 e. The summed E-state index contributed by atoms with van der Waals surface area (Å²) in [7, 11) is 1.57. The lowest BCUT2D eigenvalue weighted by Crippen LogP contribution is -2.50. The van der Waals surface area contributed by atoms with Gasteiger partial charge in [-0.3, -0.25) is 4.90 Å². The lowest BCUT2D eigenvalue weighted by molar-refractivity contribution is -0.103. The second-order valence-electron chi connectivity index (χ2n) is 10.5. The van der Waals surface area contributed by atoms with Gasteiger partial charge >= 0.3 is 5.97 Å². The molecule has 0 amide bonds. The number of methoxy groups -OCH3 is 1. The van der Waals surface area contributed by atoms with Gasteiger partial charge in [-0.15, -0.1) is 0 Å². The summed E-state index contributed by atoms with van der Waals surface area (Å²) in [5.41, 5.74) is 0.625. The first-order chi connectivity index (χ1) is 16.4. The Kier molecular flexibility index (Phi) is 7.04. The third kappa shape index (κ3) is 6.69. The number of benzene rings is 2. The van der Waals surface area contributed by atoms with Crippen LogP contribution in [-0.2, 0) is 11.3 Å². The number of hydrogen-bond acceptors (Lipinski definition) is 5. The van der Waals surface area contributed by atoms with Crippen LogP contribution in [0.25, 0.3) is 0 Å². The Morgan fingerprint density at radius 3 is 2.43 bits per heavy atom. The molecule has 2 aromatic carbocycles. The van der Waals surface area contributed by atoms with E-state index in [2.05, 4.69) is 0 Å². The van der Waals surface area contributed by atoms with Gasteiger partial charge in [-0.25, -0.2) is 18.0 Å². The summed E-state index contributed by atoms with van der Waals surface area (Å²) in [6.07, 6.45) is 0.479. The Balaban J connectivity index is 1.52. The van der Waals surface area contributed by atoms with Crippen molar-refractivity contribution in [3.63, 3.8) is 0 Å². The maximum atomic E-state index is 14.9. The van der Waals surface area contributed by atoms with Crippen molar-refractivity contribution in [1.82, 2.24) is 4.90 Å².